The number of carbonyl (C=O) groups is 1. The Balaban J connectivity index is 1.49. The minimum absolute atomic E-state index is 0.0523. The van der Waals surface area contributed by atoms with E-state index in [0.717, 1.165) is 27.2 Å². The van der Waals surface area contributed by atoms with Crippen LogP contribution in [0.25, 0.3) is 16.6 Å². The van der Waals surface area contributed by atoms with Crippen molar-refractivity contribution in [2.45, 2.75) is 13.5 Å². The number of aromatic nitrogens is 3. The average molecular weight is 407 g/mol. The van der Waals surface area contributed by atoms with Crippen molar-refractivity contribution in [3.05, 3.63) is 70.6 Å². The first-order valence-corrected chi connectivity index (χ1v) is 10.2. The van der Waals surface area contributed by atoms with Gasteiger partial charge < -0.3 is 4.90 Å². The maximum absolute atomic E-state index is 14.3. The van der Waals surface area contributed by atoms with Gasteiger partial charge in [-0.15, -0.1) is 11.3 Å². The van der Waals surface area contributed by atoms with E-state index in [9.17, 15) is 9.18 Å². The van der Waals surface area contributed by atoms with Crippen LogP contribution in [-0.2, 0) is 6.54 Å². The molecule has 6 nitrogen and oxygen atoms in total. The second-order valence-corrected chi connectivity index (χ2v) is 7.99. The summed E-state index contributed by atoms with van der Waals surface area (Å²) in [6, 6.07) is 12.1. The van der Waals surface area contributed by atoms with Gasteiger partial charge in [0, 0.05) is 23.4 Å². The van der Waals surface area contributed by atoms with Gasteiger partial charge in [0.15, 0.2) is 0 Å². The summed E-state index contributed by atoms with van der Waals surface area (Å²) in [7, 11) is 0. The zero-order valence-electron chi connectivity index (χ0n) is 15.7. The highest BCUT2D eigenvalue weighted by molar-refractivity contribution is 7.09. The molecule has 1 saturated heterocycles. The number of hydrogen-bond acceptors (Lipinski definition) is 4. The van der Waals surface area contributed by atoms with E-state index in [1.165, 1.54) is 6.07 Å². The number of thiazole rings is 1. The standard InChI is InChI=1S/C21H18FN5OS/c1-14-17(23-13-29-14)12-25-9-10-26(21(25)28)18-7-4-8-19-15(18)11-24-27(19)20-6-3-2-5-16(20)22/h2-8,11,13H,9-10,12H2,1H3. The molecule has 0 radical (unpaired) electrons. The third-order valence-electron chi connectivity index (χ3n) is 5.24. The molecular formula is C21H18FN5OS. The van der Waals surface area contributed by atoms with Crippen LogP contribution in [0.3, 0.4) is 0 Å². The largest absolute Gasteiger partial charge is 0.324 e. The van der Waals surface area contributed by atoms with E-state index >= 15 is 0 Å². The van der Waals surface area contributed by atoms with Crippen LogP contribution in [0.1, 0.15) is 10.6 Å². The molecule has 2 aromatic heterocycles. The first-order chi connectivity index (χ1) is 14.1. The van der Waals surface area contributed by atoms with E-state index in [-0.39, 0.29) is 11.8 Å². The van der Waals surface area contributed by atoms with Gasteiger partial charge in [-0.1, -0.05) is 18.2 Å². The Hall–Kier alpha value is -3.26. The number of carbonyl (C=O) groups excluding carboxylic acids is 1. The van der Waals surface area contributed by atoms with Crippen LogP contribution in [0, 0.1) is 12.7 Å². The fourth-order valence-corrected chi connectivity index (χ4v) is 4.29. The summed E-state index contributed by atoms with van der Waals surface area (Å²) in [5, 5.41) is 5.21. The Morgan fingerprint density at radius 1 is 1.10 bits per heavy atom. The highest BCUT2D eigenvalue weighted by Crippen LogP contribution is 2.31. The van der Waals surface area contributed by atoms with Gasteiger partial charge in [-0.25, -0.2) is 18.9 Å². The zero-order chi connectivity index (χ0) is 20.0. The highest BCUT2D eigenvalue weighted by Gasteiger charge is 2.31. The molecule has 5 rings (SSSR count). The van der Waals surface area contributed by atoms with Crippen molar-refractivity contribution in [3.8, 4) is 5.69 Å². The van der Waals surface area contributed by atoms with Crippen LogP contribution < -0.4 is 4.90 Å². The van der Waals surface area contributed by atoms with Crippen molar-refractivity contribution in [2.24, 2.45) is 0 Å². The molecule has 2 aromatic carbocycles. The van der Waals surface area contributed by atoms with E-state index in [1.54, 1.807) is 50.8 Å². The second-order valence-electron chi connectivity index (χ2n) is 6.93. The predicted octanol–water partition coefficient (Wildman–Crippen LogP) is 4.37. The number of nitrogens with zero attached hydrogens (tertiary/aromatic N) is 5. The van der Waals surface area contributed by atoms with Crippen LogP contribution in [0.5, 0.6) is 0 Å². The first-order valence-electron chi connectivity index (χ1n) is 9.30. The molecule has 0 bridgehead atoms. The van der Waals surface area contributed by atoms with E-state index in [0.29, 0.717) is 25.3 Å². The molecule has 1 aliphatic heterocycles. The van der Waals surface area contributed by atoms with Gasteiger partial charge in [0.25, 0.3) is 0 Å². The molecule has 4 aromatic rings. The number of anilines is 1. The van der Waals surface area contributed by atoms with Gasteiger partial charge in [-0.05, 0) is 31.2 Å². The number of benzene rings is 2. The molecule has 1 aliphatic rings. The molecule has 0 saturated carbocycles. The van der Waals surface area contributed by atoms with E-state index in [4.69, 9.17) is 0 Å². The van der Waals surface area contributed by atoms with E-state index < -0.39 is 0 Å². The van der Waals surface area contributed by atoms with Crippen molar-refractivity contribution in [3.63, 3.8) is 0 Å². The smallest absolute Gasteiger partial charge is 0.317 e. The SMILES string of the molecule is Cc1scnc1CN1CCN(c2cccc3c2cnn3-c2ccccc2F)C1=O. The number of aryl methyl sites for hydroxylation is 1. The lowest BCUT2D eigenvalue weighted by atomic mass is 10.2. The summed E-state index contributed by atoms with van der Waals surface area (Å²) in [4.78, 5) is 22.1. The normalized spacial score (nSPS) is 14.3. The van der Waals surface area contributed by atoms with Crippen LogP contribution in [0.15, 0.2) is 54.2 Å². The summed E-state index contributed by atoms with van der Waals surface area (Å²) in [6.07, 6.45) is 1.69. The van der Waals surface area contributed by atoms with E-state index in [2.05, 4.69) is 10.1 Å². The van der Waals surface area contributed by atoms with Crippen LogP contribution in [0.2, 0.25) is 0 Å². The van der Waals surface area contributed by atoms with Gasteiger partial charge in [0.05, 0.1) is 35.2 Å². The molecule has 0 unspecified atom stereocenters. The Morgan fingerprint density at radius 3 is 2.72 bits per heavy atom. The number of amides is 2. The van der Waals surface area contributed by atoms with Gasteiger partial charge in [-0.2, -0.15) is 5.10 Å². The lowest BCUT2D eigenvalue weighted by Crippen LogP contribution is -2.31. The Morgan fingerprint density at radius 2 is 1.93 bits per heavy atom. The second kappa shape index (κ2) is 6.97. The van der Waals surface area contributed by atoms with Crippen molar-refractivity contribution < 1.29 is 9.18 Å². The average Bonchev–Trinajstić information content (AvgIpc) is 3.43. The fourth-order valence-electron chi connectivity index (χ4n) is 3.70. The molecule has 8 heteroatoms. The van der Waals surface area contributed by atoms with Gasteiger partial charge >= 0.3 is 6.03 Å². The number of urea groups is 1. The third kappa shape index (κ3) is 2.96. The molecule has 0 atom stereocenters. The van der Waals surface area contributed by atoms with Gasteiger partial charge in [-0.3, -0.25) is 4.90 Å². The fraction of sp³-hybridized carbons (Fsp3) is 0.190. The number of hydrogen-bond donors (Lipinski definition) is 0. The molecule has 2 amide bonds. The molecule has 3 heterocycles. The van der Waals surface area contributed by atoms with Crippen molar-refractivity contribution in [1.82, 2.24) is 19.7 Å². The number of halogens is 1. The van der Waals surface area contributed by atoms with Gasteiger partial charge in [0.1, 0.15) is 11.5 Å². The maximum atomic E-state index is 14.3. The van der Waals surface area contributed by atoms with Crippen molar-refractivity contribution in [1.29, 1.82) is 0 Å². The summed E-state index contributed by atoms with van der Waals surface area (Å²) < 4.78 is 15.8. The van der Waals surface area contributed by atoms with Gasteiger partial charge in [0.2, 0.25) is 0 Å². The molecule has 29 heavy (non-hydrogen) atoms. The number of rotatable bonds is 4. The minimum atomic E-state index is -0.343. The maximum Gasteiger partial charge on any atom is 0.324 e. The first kappa shape index (κ1) is 17.8. The number of fused-ring (bicyclic) bond motifs is 1. The molecular weight excluding hydrogens is 389 g/mol. The monoisotopic (exact) mass is 407 g/mol. The highest BCUT2D eigenvalue weighted by atomic mass is 32.1. The topological polar surface area (TPSA) is 54.3 Å². The van der Waals surface area contributed by atoms with Crippen molar-refractivity contribution in [2.75, 3.05) is 18.0 Å². The third-order valence-corrected chi connectivity index (χ3v) is 6.04. The Kier molecular flexibility index (Phi) is 4.28. The summed E-state index contributed by atoms with van der Waals surface area (Å²) >= 11 is 1.59. The predicted molar refractivity (Wildman–Crippen MR) is 111 cm³/mol. The Bertz CT molecular complexity index is 1220. The Labute approximate surface area is 170 Å². The summed E-state index contributed by atoms with van der Waals surface area (Å²) in [6.45, 7) is 3.75. The summed E-state index contributed by atoms with van der Waals surface area (Å²) in [5.41, 5.74) is 4.67. The quantitative estimate of drug-likeness (QED) is 0.505. The van der Waals surface area contributed by atoms with Crippen molar-refractivity contribution >= 4 is 34.0 Å². The molecule has 1 fully saturated rings. The minimum Gasteiger partial charge on any atom is -0.317 e. The van der Waals surface area contributed by atoms with Crippen LogP contribution in [0.4, 0.5) is 14.9 Å². The molecule has 0 aliphatic carbocycles. The lowest BCUT2D eigenvalue weighted by molar-refractivity contribution is 0.218. The molecule has 0 N–H and O–H groups in total. The zero-order valence-corrected chi connectivity index (χ0v) is 16.6. The molecule has 0 spiro atoms. The molecule has 146 valence electrons. The van der Waals surface area contributed by atoms with Crippen LogP contribution >= 0.6 is 11.3 Å². The summed E-state index contributed by atoms with van der Waals surface area (Å²) in [5.74, 6) is -0.343. The van der Waals surface area contributed by atoms with Crippen LogP contribution in [-0.4, -0.2) is 38.8 Å². The number of para-hydroxylation sites is 1. The lowest BCUT2D eigenvalue weighted by Gasteiger charge is -2.19. The van der Waals surface area contributed by atoms with E-state index in [1.807, 2.05) is 30.0 Å².